The van der Waals surface area contributed by atoms with E-state index in [-0.39, 0.29) is 10.3 Å². The monoisotopic (exact) mass is 257 g/mol. The summed E-state index contributed by atoms with van der Waals surface area (Å²) in [6.45, 7) is 0. The Labute approximate surface area is 88.9 Å². The number of nitro benzene ring substituents is 1. The van der Waals surface area contributed by atoms with Gasteiger partial charge in [0.15, 0.2) is 0 Å². The molecule has 1 rings (SSSR count). The van der Waals surface area contributed by atoms with Crippen LogP contribution in [0.15, 0.2) is 18.2 Å². The van der Waals surface area contributed by atoms with Crippen LogP contribution in [0.25, 0.3) is 0 Å². The Morgan fingerprint density at radius 3 is 2.71 bits per heavy atom. The van der Waals surface area contributed by atoms with Crippen LogP contribution in [-0.2, 0) is 0 Å². The van der Waals surface area contributed by atoms with Gasteiger partial charge in [0, 0.05) is 30.4 Å². The molecule has 74 valence electrons. The van der Waals surface area contributed by atoms with Gasteiger partial charge < -0.3 is 5.32 Å². The largest absolute Gasteiger partial charge is 0.388 e. The molecule has 0 aliphatic carbocycles. The molecule has 0 aliphatic heterocycles. The summed E-state index contributed by atoms with van der Waals surface area (Å²) in [6, 6.07) is 4.32. The summed E-state index contributed by atoms with van der Waals surface area (Å²) in [6.07, 6.45) is 0. The van der Waals surface area contributed by atoms with Gasteiger partial charge in [-0.3, -0.25) is 15.5 Å². The van der Waals surface area contributed by atoms with Crippen molar-refractivity contribution in [2.45, 2.75) is 0 Å². The van der Waals surface area contributed by atoms with Crippen LogP contribution in [0.2, 0.25) is 0 Å². The summed E-state index contributed by atoms with van der Waals surface area (Å²) in [4.78, 5) is 9.99. The number of anilines is 1. The van der Waals surface area contributed by atoms with E-state index in [1.807, 2.05) is 0 Å². The zero-order chi connectivity index (χ0) is 10.7. The highest BCUT2D eigenvalue weighted by atomic mass is 79.9. The molecule has 1 aromatic rings. The highest BCUT2D eigenvalue weighted by Crippen LogP contribution is 2.23. The molecule has 0 radical (unpaired) electrons. The third-order valence-corrected chi connectivity index (χ3v) is 2.15. The summed E-state index contributed by atoms with van der Waals surface area (Å²) < 4.78 is 0.116. The van der Waals surface area contributed by atoms with Gasteiger partial charge in [0.25, 0.3) is 5.69 Å². The van der Waals surface area contributed by atoms with Crippen molar-refractivity contribution in [3.63, 3.8) is 0 Å². The lowest BCUT2D eigenvalue weighted by Crippen LogP contribution is -1.99. The smallest absolute Gasteiger partial charge is 0.270 e. The number of benzene rings is 1. The van der Waals surface area contributed by atoms with Crippen LogP contribution in [-0.4, -0.2) is 16.6 Å². The first-order valence-corrected chi connectivity index (χ1v) is 4.56. The van der Waals surface area contributed by atoms with Gasteiger partial charge in [-0.2, -0.15) is 0 Å². The third-order valence-electron chi connectivity index (χ3n) is 1.72. The van der Waals surface area contributed by atoms with Crippen LogP contribution in [0.1, 0.15) is 5.56 Å². The average Bonchev–Trinajstić information content (AvgIpc) is 2.16. The Balaban J connectivity index is 3.27. The van der Waals surface area contributed by atoms with E-state index < -0.39 is 4.92 Å². The van der Waals surface area contributed by atoms with Crippen molar-refractivity contribution in [2.24, 2.45) is 0 Å². The number of halogens is 1. The highest BCUT2D eigenvalue weighted by molar-refractivity contribution is 9.18. The van der Waals surface area contributed by atoms with Gasteiger partial charge in [0.2, 0.25) is 0 Å². The van der Waals surface area contributed by atoms with Gasteiger partial charge in [-0.1, -0.05) is 0 Å². The molecule has 1 aromatic carbocycles. The quantitative estimate of drug-likeness (QED) is 0.496. The third kappa shape index (κ3) is 2.08. The van der Waals surface area contributed by atoms with E-state index in [2.05, 4.69) is 21.2 Å². The molecule has 0 heterocycles. The molecule has 0 bridgehead atoms. The molecule has 0 unspecified atom stereocenters. The maximum Gasteiger partial charge on any atom is 0.270 e. The Hall–Kier alpha value is -1.43. The number of nitro groups is 1. The van der Waals surface area contributed by atoms with Crippen LogP contribution in [0.3, 0.4) is 0 Å². The molecular formula is C8H8BrN3O2. The second kappa shape index (κ2) is 4.19. The minimum atomic E-state index is -0.487. The van der Waals surface area contributed by atoms with Crippen LogP contribution in [0.4, 0.5) is 11.4 Å². The molecule has 0 aromatic heterocycles. The standard InChI is InChI=1S/C8H8BrN3O2/c1-11-7-3-2-5(12(13)14)4-6(7)8(9)10/h2-4,10-11H,1H3. The summed E-state index contributed by atoms with van der Waals surface area (Å²) in [5.74, 6) is 0. The van der Waals surface area contributed by atoms with Gasteiger partial charge in [-0.05, 0) is 22.0 Å². The van der Waals surface area contributed by atoms with Crippen molar-refractivity contribution < 1.29 is 4.92 Å². The Morgan fingerprint density at radius 2 is 2.29 bits per heavy atom. The van der Waals surface area contributed by atoms with Crippen LogP contribution in [0, 0.1) is 15.5 Å². The Bertz CT molecular complexity index is 392. The van der Waals surface area contributed by atoms with E-state index in [9.17, 15) is 10.1 Å². The van der Waals surface area contributed by atoms with Crippen molar-refractivity contribution in [1.82, 2.24) is 0 Å². The molecule has 0 aliphatic rings. The summed E-state index contributed by atoms with van der Waals surface area (Å²) in [5, 5.41) is 20.7. The van der Waals surface area contributed by atoms with Crippen molar-refractivity contribution in [3.05, 3.63) is 33.9 Å². The zero-order valence-electron chi connectivity index (χ0n) is 7.37. The first-order valence-electron chi connectivity index (χ1n) is 3.77. The van der Waals surface area contributed by atoms with Gasteiger partial charge in [-0.25, -0.2) is 0 Å². The number of hydrogen-bond donors (Lipinski definition) is 2. The van der Waals surface area contributed by atoms with Crippen molar-refractivity contribution in [3.8, 4) is 0 Å². The Morgan fingerprint density at radius 1 is 1.64 bits per heavy atom. The molecule has 5 nitrogen and oxygen atoms in total. The van der Waals surface area contributed by atoms with Gasteiger partial charge in [0.1, 0.15) is 4.62 Å². The normalized spacial score (nSPS) is 9.57. The van der Waals surface area contributed by atoms with Crippen molar-refractivity contribution >= 4 is 31.9 Å². The lowest BCUT2D eigenvalue weighted by molar-refractivity contribution is -0.384. The molecule has 0 spiro atoms. The van der Waals surface area contributed by atoms with E-state index in [1.165, 1.54) is 12.1 Å². The van der Waals surface area contributed by atoms with Gasteiger partial charge in [0.05, 0.1) is 4.92 Å². The first kappa shape index (κ1) is 10.6. The molecule has 14 heavy (non-hydrogen) atoms. The Kier molecular flexibility index (Phi) is 3.19. The predicted octanol–water partition coefficient (Wildman–Crippen LogP) is 2.36. The molecule has 2 N–H and O–H groups in total. The van der Waals surface area contributed by atoms with E-state index in [4.69, 9.17) is 5.41 Å². The minimum Gasteiger partial charge on any atom is -0.388 e. The maximum absolute atomic E-state index is 10.5. The van der Waals surface area contributed by atoms with Crippen LogP contribution >= 0.6 is 15.9 Å². The molecule has 0 amide bonds. The highest BCUT2D eigenvalue weighted by Gasteiger charge is 2.11. The van der Waals surface area contributed by atoms with E-state index in [0.717, 1.165) is 0 Å². The fourth-order valence-electron chi connectivity index (χ4n) is 1.05. The van der Waals surface area contributed by atoms with Gasteiger partial charge in [-0.15, -0.1) is 0 Å². The molecule has 0 saturated carbocycles. The number of hydrogen-bond acceptors (Lipinski definition) is 4. The number of non-ortho nitro benzene ring substituents is 1. The lowest BCUT2D eigenvalue weighted by Gasteiger charge is -2.05. The van der Waals surface area contributed by atoms with Gasteiger partial charge >= 0.3 is 0 Å². The molecule has 0 fully saturated rings. The number of rotatable bonds is 3. The van der Waals surface area contributed by atoms with Crippen LogP contribution in [0.5, 0.6) is 0 Å². The topological polar surface area (TPSA) is 79.0 Å². The predicted molar refractivity (Wildman–Crippen MR) is 58.4 cm³/mol. The second-order valence-electron chi connectivity index (χ2n) is 2.55. The average molecular weight is 258 g/mol. The summed E-state index contributed by atoms with van der Waals surface area (Å²) in [7, 11) is 1.70. The molecular weight excluding hydrogens is 250 g/mol. The molecule has 6 heteroatoms. The van der Waals surface area contributed by atoms with Crippen LogP contribution < -0.4 is 5.32 Å². The van der Waals surface area contributed by atoms with Crippen molar-refractivity contribution in [1.29, 1.82) is 5.41 Å². The van der Waals surface area contributed by atoms with E-state index >= 15 is 0 Å². The lowest BCUT2D eigenvalue weighted by atomic mass is 10.1. The summed E-state index contributed by atoms with van der Waals surface area (Å²) >= 11 is 2.98. The van der Waals surface area contributed by atoms with E-state index in [1.54, 1.807) is 13.1 Å². The molecule has 0 atom stereocenters. The SMILES string of the molecule is CNc1ccc([N+](=O)[O-])cc1C(=N)Br. The fraction of sp³-hybridized carbons (Fsp3) is 0.125. The summed E-state index contributed by atoms with van der Waals surface area (Å²) in [5.41, 5.74) is 1.13. The fourth-order valence-corrected chi connectivity index (χ4v) is 1.37. The number of nitrogens with zero attached hydrogens (tertiary/aromatic N) is 1. The molecule has 0 saturated heterocycles. The van der Waals surface area contributed by atoms with Crippen molar-refractivity contribution in [2.75, 3.05) is 12.4 Å². The maximum atomic E-state index is 10.5. The first-order chi connectivity index (χ1) is 6.56. The zero-order valence-corrected chi connectivity index (χ0v) is 8.96. The number of nitrogens with one attached hydrogen (secondary N) is 2. The second-order valence-corrected chi connectivity index (χ2v) is 3.34. The minimum absolute atomic E-state index is 0.0248. The van der Waals surface area contributed by atoms with E-state index in [0.29, 0.717) is 11.3 Å².